The molecule has 0 aromatic rings. The number of nitrogens with zero attached hydrogens (tertiary/aromatic N) is 1. The smallest absolute Gasteiger partial charge is 0.220 e. The number of primary amides is 1. The number of carbonyl (C=O) groups is 1. The SMILES string of the molecule is CCCCOCCCN1CCC(C(N)=O)CC1. The fourth-order valence-corrected chi connectivity index (χ4v) is 2.18. The van der Waals surface area contributed by atoms with Crippen molar-refractivity contribution in [2.75, 3.05) is 32.8 Å². The van der Waals surface area contributed by atoms with Crippen molar-refractivity contribution in [3.8, 4) is 0 Å². The van der Waals surface area contributed by atoms with Crippen LogP contribution in [-0.2, 0) is 9.53 Å². The van der Waals surface area contributed by atoms with Crippen LogP contribution in [0.25, 0.3) is 0 Å². The lowest BCUT2D eigenvalue weighted by molar-refractivity contribution is -0.123. The molecule has 0 aliphatic carbocycles. The molecule has 2 N–H and O–H groups in total. The van der Waals surface area contributed by atoms with Gasteiger partial charge in [0.25, 0.3) is 0 Å². The lowest BCUT2D eigenvalue weighted by Gasteiger charge is -2.30. The zero-order valence-corrected chi connectivity index (χ0v) is 11.0. The van der Waals surface area contributed by atoms with E-state index in [1.54, 1.807) is 0 Å². The number of hydrogen-bond donors (Lipinski definition) is 1. The van der Waals surface area contributed by atoms with Gasteiger partial charge in [-0.1, -0.05) is 13.3 Å². The molecule has 4 heteroatoms. The highest BCUT2D eigenvalue weighted by Gasteiger charge is 2.22. The summed E-state index contributed by atoms with van der Waals surface area (Å²) in [6, 6.07) is 0. The number of rotatable bonds is 8. The van der Waals surface area contributed by atoms with E-state index in [4.69, 9.17) is 10.5 Å². The van der Waals surface area contributed by atoms with E-state index in [2.05, 4.69) is 11.8 Å². The predicted octanol–water partition coefficient (Wildman–Crippen LogP) is 1.39. The van der Waals surface area contributed by atoms with E-state index in [9.17, 15) is 4.79 Å². The van der Waals surface area contributed by atoms with Crippen LogP contribution in [0.5, 0.6) is 0 Å². The van der Waals surface area contributed by atoms with E-state index in [-0.39, 0.29) is 11.8 Å². The number of nitrogens with two attached hydrogens (primary N) is 1. The minimum atomic E-state index is -0.132. The van der Waals surface area contributed by atoms with E-state index in [0.29, 0.717) is 0 Å². The monoisotopic (exact) mass is 242 g/mol. The molecule has 0 spiro atoms. The summed E-state index contributed by atoms with van der Waals surface area (Å²) in [4.78, 5) is 13.4. The second-order valence-corrected chi connectivity index (χ2v) is 4.84. The van der Waals surface area contributed by atoms with Gasteiger partial charge in [-0.3, -0.25) is 4.79 Å². The molecule has 0 bridgehead atoms. The Kier molecular flexibility index (Phi) is 7.21. The van der Waals surface area contributed by atoms with E-state index in [0.717, 1.165) is 58.5 Å². The van der Waals surface area contributed by atoms with Crippen LogP contribution in [0.1, 0.15) is 39.0 Å². The third kappa shape index (κ3) is 6.03. The summed E-state index contributed by atoms with van der Waals surface area (Å²) in [7, 11) is 0. The average Bonchev–Trinajstić information content (AvgIpc) is 2.34. The molecular formula is C13H26N2O2. The molecule has 0 atom stereocenters. The van der Waals surface area contributed by atoms with Crippen LogP contribution in [0.2, 0.25) is 0 Å². The van der Waals surface area contributed by atoms with Crippen molar-refractivity contribution in [1.29, 1.82) is 0 Å². The summed E-state index contributed by atoms with van der Waals surface area (Å²) in [5.74, 6) is -0.0281. The van der Waals surface area contributed by atoms with Crippen molar-refractivity contribution in [1.82, 2.24) is 4.90 Å². The Labute approximate surface area is 104 Å². The highest BCUT2D eigenvalue weighted by molar-refractivity contribution is 5.76. The maximum absolute atomic E-state index is 11.0. The van der Waals surface area contributed by atoms with Crippen LogP contribution in [0.4, 0.5) is 0 Å². The Morgan fingerprint density at radius 1 is 1.29 bits per heavy atom. The maximum atomic E-state index is 11.0. The minimum absolute atomic E-state index is 0.104. The molecule has 0 aromatic carbocycles. The van der Waals surface area contributed by atoms with Gasteiger partial charge in [0.15, 0.2) is 0 Å². The molecule has 1 heterocycles. The number of amides is 1. The van der Waals surface area contributed by atoms with Gasteiger partial charge in [-0.05, 0) is 38.8 Å². The van der Waals surface area contributed by atoms with Gasteiger partial charge in [-0.25, -0.2) is 0 Å². The summed E-state index contributed by atoms with van der Waals surface area (Å²) in [6.07, 6.45) is 5.29. The Morgan fingerprint density at radius 2 is 1.94 bits per heavy atom. The third-order valence-electron chi connectivity index (χ3n) is 3.40. The van der Waals surface area contributed by atoms with Crippen molar-refractivity contribution >= 4 is 5.91 Å². The van der Waals surface area contributed by atoms with Gasteiger partial charge >= 0.3 is 0 Å². The van der Waals surface area contributed by atoms with Gasteiger partial charge in [0.2, 0.25) is 5.91 Å². The lowest BCUT2D eigenvalue weighted by Crippen LogP contribution is -2.39. The van der Waals surface area contributed by atoms with Crippen molar-refractivity contribution < 1.29 is 9.53 Å². The van der Waals surface area contributed by atoms with Crippen LogP contribution in [0.3, 0.4) is 0 Å². The molecule has 1 aliphatic heterocycles. The zero-order valence-electron chi connectivity index (χ0n) is 11.0. The van der Waals surface area contributed by atoms with Crippen LogP contribution in [0, 0.1) is 5.92 Å². The fourth-order valence-electron chi connectivity index (χ4n) is 2.18. The highest BCUT2D eigenvalue weighted by Crippen LogP contribution is 2.16. The van der Waals surface area contributed by atoms with E-state index >= 15 is 0 Å². The number of hydrogen-bond acceptors (Lipinski definition) is 3. The normalized spacial score (nSPS) is 18.4. The van der Waals surface area contributed by atoms with Gasteiger partial charge in [0.1, 0.15) is 0 Å². The van der Waals surface area contributed by atoms with Crippen LogP contribution >= 0.6 is 0 Å². The topological polar surface area (TPSA) is 55.6 Å². The maximum Gasteiger partial charge on any atom is 0.220 e. The number of unbranched alkanes of at least 4 members (excludes halogenated alkanes) is 1. The van der Waals surface area contributed by atoms with Crippen molar-refractivity contribution in [3.05, 3.63) is 0 Å². The average molecular weight is 242 g/mol. The minimum Gasteiger partial charge on any atom is -0.381 e. The fraction of sp³-hybridized carbons (Fsp3) is 0.923. The molecule has 0 radical (unpaired) electrons. The molecular weight excluding hydrogens is 216 g/mol. The number of ether oxygens (including phenoxy) is 1. The molecule has 100 valence electrons. The Bertz CT molecular complexity index is 213. The molecule has 1 rings (SSSR count). The van der Waals surface area contributed by atoms with Gasteiger partial charge in [-0.2, -0.15) is 0 Å². The van der Waals surface area contributed by atoms with E-state index in [1.165, 1.54) is 6.42 Å². The molecule has 0 aromatic heterocycles. The molecule has 0 saturated carbocycles. The van der Waals surface area contributed by atoms with Gasteiger partial charge in [0, 0.05) is 25.7 Å². The second-order valence-electron chi connectivity index (χ2n) is 4.84. The summed E-state index contributed by atoms with van der Waals surface area (Å²) in [6.45, 7) is 7.00. The second kappa shape index (κ2) is 8.48. The molecule has 0 unspecified atom stereocenters. The Hall–Kier alpha value is -0.610. The molecule has 4 nitrogen and oxygen atoms in total. The third-order valence-corrected chi connectivity index (χ3v) is 3.40. The predicted molar refractivity (Wildman–Crippen MR) is 68.7 cm³/mol. The van der Waals surface area contributed by atoms with Gasteiger partial charge in [0.05, 0.1) is 0 Å². The summed E-state index contributed by atoms with van der Waals surface area (Å²) >= 11 is 0. The van der Waals surface area contributed by atoms with E-state index < -0.39 is 0 Å². The van der Waals surface area contributed by atoms with Crippen LogP contribution in [0.15, 0.2) is 0 Å². The molecule has 1 fully saturated rings. The van der Waals surface area contributed by atoms with E-state index in [1.807, 2.05) is 0 Å². The molecule has 1 amide bonds. The highest BCUT2D eigenvalue weighted by atomic mass is 16.5. The molecule has 1 aliphatic rings. The lowest BCUT2D eigenvalue weighted by atomic mass is 9.96. The quantitative estimate of drug-likeness (QED) is 0.654. The number of likely N-dealkylation sites (tertiary alicyclic amines) is 1. The van der Waals surface area contributed by atoms with Crippen molar-refractivity contribution in [2.24, 2.45) is 11.7 Å². The zero-order chi connectivity index (χ0) is 12.5. The number of carbonyl (C=O) groups excluding carboxylic acids is 1. The molecule has 1 saturated heterocycles. The molecule has 17 heavy (non-hydrogen) atoms. The standard InChI is InChI=1S/C13H26N2O2/c1-2-3-10-17-11-4-7-15-8-5-12(6-9-15)13(14)16/h12H,2-11H2,1H3,(H2,14,16). The summed E-state index contributed by atoms with van der Waals surface area (Å²) < 4.78 is 5.52. The Morgan fingerprint density at radius 3 is 2.53 bits per heavy atom. The first-order valence-corrected chi connectivity index (χ1v) is 6.83. The first-order valence-electron chi connectivity index (χ1n) is 6.83. The number of piperidine rings is 1. The largest absolute Gasteiger partial charge is 0.381 e. The van der Waals surface area contributed by atoms with Crippen LogP contribution < -0.4 is 5.73 Å². The van der Waals surface area contributed by atoms with Gasteiger partial charge in [-0.15, -0.1) is 0 Å². The Balaban J connectivity index is 1.97. The first kappa shape index (κ1) is 14.5. The van der Waals surface area contributed by atoms with Gasteiger partial charge < -0.3 is 15.4 Å². The summed E-state index contributed by atoms with van der Waals surface area (Å²) in [5.41, 5.74) is 5.30. The van der Waals surface area contributed by atoms with Crippen molar-refractivity contribution in [2.45, 2.75) is 39.0 Å². The first-order chi connectivity index (χ1) is 8.24. The van der Waals surface area contributed by atoms with Crippen LogP contribution in [-0.4, -0.2) is 43.7 Å². The van der Waals surface area contributed by atoms with Crippen molar-refractivity contribution in [3.63, 3.8) is 0 Å². The summed E-state index contributed by atoms with van der Waals surface area (Å²) in [5, 5.41) is 0.